The summed E-state index contributed by atoms with van der Waals surface area (Å²) in [6, 6.07) is 7.34. The second kappa shape index (κ2) is 4.57. The summed E-state index contributed by atoms with van der Waals surface area (Å²) < 4.78 is 15.3. The Morgan fingerprint density at radius 1 is 1.38 bits per heavy atom. The van der Waals surface area contributed by atoms with E-state index in [0.29, 0.717) is 12.4 Å². The van der Waals surface area contributed by atoms with E-state index in [-0.39, 0.29) is 5.88 Å². The van der Waals surface area contributed by atoms with E-state index < -0.39 is 0 Å². The number of aromatic nitrogens is 1. The Morgan fingerprint density at radius 3 is 2.88 bits per heavy atom. The van der Waals surface area contributed by atoms with E-state index in [1.807, 2.05) is 18.2 Å². The first-order valence-electron chi connectivity index (χ1n) is 4.75. The maximum atomic E-state index is 5.53. The fraction of sp³-hybridized carbons (Fsp3) is 0.182. The van der Waals surface area contributed by atoms with Crippen LogP contribution in [-0.2, 0) is 6.61 Å². The summed E-state index contributed by atoms with van der Waals surface area (Å²) in [4.78, 5) is 0. The highest BCUT2D eigenvalue weighted by atomic mass is 16.5. The van der Waals surface area contributed by atoms with Gasteiger partial charge in [0.05, 0.1) is 18.9 Å². The predicted octanol–water partition coefficient (Wildman–Crippen LogP) is 1.84. The van der Waals surface area contributed by atoms with Crippen LogP contribution in [0.1, 0.15) is 5.56 Å². The van der Waals surface area contributed by atoms with Gasteiger partial charge < -0.3 is 19.7 Å². The van der Waals surface area contributed by atoms with Crippen molar-refractivity contribution >= 4 is 5.88 Å². The van der Waals surface area contributed by atoms with Crippen molar-refractivity contribution in [3.05, 3.63) is 36.0 Å². The molecular weight excluding hydrogens is 208 g/mol. The van der Waals surface area contributed by atoms with Crippen LogP contribution in [0.15, 0.2) is 35.0 Å². The minimum Gasteiger partial charge on any atom is -0.497 e. The molecule has 16 heavy (non-hydrogen) atoms. The summed E-state index contributed by atoms with van der Waals surface area (Å²) in [6.45, 7) is 0.322. The Balaban J connectivity index is 2.02. The maximum Gasteiger partial charge on any atom is 0.228 e. The highest BCUT2D eigenvalue weighted by molar-refractivity contribution is 5.35. The number of benzene rings is 1. The summed E-state index contributed by atoms with van der Waals surface area (Å²) in [7, 11) is 1.61. The summed E-state index contributed by atoms with van der Waals surface area (Å²) in [6.07, 6.45) is 1.54. The van der Waals surface area contributed by atoms with E-state index in [2.05, 4.69) is 5.16 Å². The Kier molecular flexibility index (Phi) is 2.95. The Morgan fingerprint density at radius 2 is 2.19 bits per heavy atom. The smallest absolute Gasteiger partial charge is 0.228 e. The molecule has 0 bridgehead atoms. The van der Waals surface area contributed by atoms with Gasteiger partial charge in [-0.15, -0.1) is 0 Å². The van der Waals surface area contributed by atoms with Gasteiger partial charge in [0.2, 0.25) is 5.88 Å². The van der Waals surface area contributed by atoms with Gasteiger partial charge in [-0.1, -0.05) is 11.2 Å². The molecule has 2 N–H and O–H groups in total. The standard InChI is InChI=1S/C11H12N2O3/c1-14-9-3-2-4-10(5-9)15-7-8-6-13-16-11(8)12/h2-6H,7,12H2,1H3. The molecule has 0 amide bonds. The zero-order chi connectivity index (χ0) is 11.4. The largest absolute Gasteiger partial charge is 0.497 e. The van der Waals surface area contributed by atoms with Gasteiger partial charge in [0.15, 0.2) is 0 Å². The van der Waals surface area contributed by atoms with Crippen molar-refractivity contribution in [2.24, 2.45) is 0 Å². The molecule has 0 aliphatic rings. The summed E-state index contributed by atoms with van der Waals surface area (Å²) >= 11 is 0. The summed E-state index contributed by atoms with van der Waals surface area (Å²) in [5.41, 5.74) is 6.25. The molecule has 1 aromatic carbocycles. The average molecular weight is 220 g/mol. The molecule has 5 nitrogen and oxygen atoms in total. The first-order chi connectivity index (χ1) is 7.79. The number of ether oxygens (including phenoxy) is 2. The monoisotopic (exact) mass is 220 g/mol. The molecule has 84 valence electrons. The molecule has 2 rings (SSSR count). The molecule has 0 saturated carbocycles. The number of hydrogen-bond donors (Lipinski definition) is 1. The van der Waals surface area contributed by atoms with Crippen LogP contribution >= 0.6 is 0 Å². The van der Waals surface area contributed by atoms with Crippen molar-refractivity contribution in [3.63, 3.8) is 0 Å². The zero-order valence-corrected chi connectivity index (χ0v) is 8.84. The van der Waals surface area contributed by atoms with E-state index in [4.69, 9.17) is 19.7 Å². The zero-order valence-electron chi connectivity index (χ0n) is 8.84. The first-order valence-corrected chi connectivity index (χ1v) is 4.75. The Bertz CT molecular complexity index is 468. The lowest BCUT2D eigenvalue weighted by atomic mass is 10.3. The fourth-order valence-electron chi connectivity index (χ4n) is 1.23. The molecule has 1 aromatic heterocycles. The fourth-order valence-corrected chi connectivity index (χ4v) is 1.23. The lowest BCUT2D eigenvalue weighted by molar-refractivity contribution is 0.303. The van der Waals surface area contributed by atoms with Crippen LogP contribution in [0.25, 0.3) is 0 Å². The van der Waals surface area contributed by atoms with Crippen LogP contribution in [0.2, 0.25) is 0 Å². The molecule has 5 heteroatoms. The molecule has 1 heterocycles. The SMILES string of the molecule is COc1cccc(OCc2cnoc2N)c1. The van der Waals surface area contributed by atoms with Crippen LogP contribution in [0, 0.1) is 0 Å². The second-order valence-corrected chi connectivity index (χ2v) is 3.18. The lowest BCUT2D eigenvalue weighted by Gasteiger charge is -2.06. The van der Waals surface area contributed by atoms with Crippen molar-refractivity contribution in [1.29, 1.82) is 0 Å². The van der Waals surface area contributed by atoms with Crippen molar-refractivity contribution < 1.29 is 14.0 Å². The van der Waals surface area contributed by atoms with Crippen LogP contribution in [0.3, 0.4) is 0 Å². The molecular formula is C11H12N2O3. The lowest BCUT2D eigenvalue weighted by Crippen LogP contribution is -1.97. The van der Waals surface area contributed by atoms with Crippen LogP contribution < -0.4 is 15.2 Å². The van der Waals surface area contributed by atoms with Gasteiger partial charge in [-0.3, -0.25) is 0 Å². The minimum atomic E-state index is 0.280. The quantitative estimate of drug-likeness (QED) is 0.851. The van der Waals surface area contributed by atoms with Gasteiger partial charge in [-0.25, -0.2) is 0 Å². The molecule has 0 radical (unpaired) electrons. The minimum absolute atomic E-state index is 0.280. The average Bonchev–Trinajstić information content (AvgIpc) is 2.72. The van der Waals surface area contributed by atoms with Gasteiger partial charge in [-0.2, -0.15) is 0 Å². The number of nitrogens with two attached hydrogens (primary N) is 1. The van der Waals surface area contributed by atoms with E-state index in [1.165, 1.54) is 6.20 Å². The predicted molar refractivity (Wildman–Crippen MR) is 58.2 cm³/mol. The molecule has 0 aliphatic carbocycles. The number of methoxy groups -OCH3 is 1. The van der Waals surface area contributed by atoms with E-state index in [0.717, 1.165) is 11.3 Å². The number of rotatable bonds is 4. The third-order valence-electron chi connectivity index (χ3n) is 2.11. The van der Waals surface area contributed by atoms with Gasteiger partial charge in [0, 0.05) is 6.07 Å². The molecule has 0 aliphatic heterocycles. The normalized spacial score (nSPS) is 10.1. The van der Waals surface area contributed by atoms with Crippen molar-refractivity contribution in [2.75, 3.05) is 12.8 Å². The van der Waals surface area contributed by atoms with Gasteiger partial charge in [0.25, 0.3) is 0 Å². The third-order valence-corrected chi connectivity index (χ3v) is 2.11. The van der Waals surface area contributed by atoms with E-state index >= 15 is 0 Å². The number of anilines is 1. The van der Waals surface area contributed by atoms with Crippen LogP contribution in [0.4, 0.5) is 5.88 Å². The molecule has 0 atom stereocenters. The Hall–Kier alpha value is -2.17. The molecule has 0 spiro atoms. The van der Waals surface area contributed by atoms with Gasteiger partial charge in [-0.05, 0) is 12.1 Å². The van der Waals surface area contributed by atoms with Crippen molar-refractivity contribution in [3.8, 4) is 11.5 Å². The third kappa shape index (κ3) is 2.25. The van der Waals surface area contributed by atoms with Gasteiger partial charge >= 0.3 is 0 Å². The molecule has 0 saturated heterocycles. The molecule has 0 fully saturated rings. The molecule has 2 aromatic rings. The number of nitrogens with zero attached hydrogens (tertiary/aromatic N) is 1. The second-order valence-electron chi connectivity index (χ2n) is 3.18. The summed E-state index contributed by atoms with van der Waals surface area (Å²) in [5.74, 6) is 1.73. The van der Waals surface area contributed by atoms with Crippen molar-refractivity contribution in [1.82, 2.24) is 5.16 Å². The van der Waals surface area contributed by atoms with Crippen LogP contribution in [0.5, 0.6) is 11.5 Å². The van der Waals surface area contributed by atoms with E-state index in [9.17, 15) is 0 Å². The Labute approximate surface area is 92.8 Å². The van der Waals surface area contributed by atoms with Crippen molar-refractivity contribution in [2.45, 2.75) is 6.61 Å². The van der Waals surface area contributed by atoms with Gasteiger partial charge in [0.1, 0.15) is 18.1 Å². The van der Waals surface area contributed by atoms with E-state index in [1.54, 1.807) is 13.2 Å². The topological polar surface area (TPSA) is 70.5 Å². The highest BCUT2D eigenvalue weighted by Gasteiger charge is 2.04. The number of nitrogen functional groups attached to an aromatic ring is 1. The van der Waals surface area contributed by atoms with Crippen LogP contribution in [-0.4, -0.2) is 12.3 Å². The maximum absolute atomic E-state index is 5.53. The first kappa shape index (κ1) is 10.4. The highest BCUT2D eigenvalue weighted by Crippen LogP contribution is 2.20. The molecule has 0 unspecified atom stereocenters. The summed E-state index contributed by atoms with van der Waals surface area (Å²) in [5, 5.41) is 3.56. The number of hydrogen-bond acceptors (Lipinski definition) is 5.